The lowest BCUT2D eigenvalue weighted by molar-refractivity contribution is 0.564. The van der Waals surface area contributed by atoms with E-state index in [-0.39, 0.29) is 5.70 Å². The van der Waals surface area contributed by atoms with Crippen molar-refractivity contribution in [2.45, 2.75) is 18.2 Å². The minimum atomic E-state index is -1.26. The van der Waals surface area contributed by atoms with E-state index in [4.69, 9.17) is 2.74 Å². The fraction of sp³-hybridized carbons (Fsp3) is 0.0526. The minimum absolute atomic E-state index is 0.244. The van der Waals surface area contributed by atoms with Gasteiger partial charge in [0, 0.05) is 20.3 Å². The van der Waals surface area contributed by atoms with Crippen LogP contribution in [0.5, 0.6) is 0 Å². The summed E-state index contributed by atoms with van der Waals surface area (Å²) in [6.07, 6.45) is 11.2. The molecule has 0 fully saturated rings. The molecule has 1 nitrogen and oxygen atoms in total. The Morgan fingerprint density at radius 1 is 0.638 bits per heavy atom. The lowest BCUT2D eigenvalue weighted by Gasteiger charge is -2.35. The van der Waals surface area contributed by atoms with Gasteiger partial charge in [0.25, 0.3) is 0 Å². The molecule has 0 saturated carbocycles. The van der Waals surface area contributed by atoms with Crippen LogP contribution in [0.25, 0.3) is 38.8 Å². The van der Waals surface area contributed by atoms with Gasteiger partial charge in [-0.25, -0.2) is 0 Å². The Hall–Kier alpha value is -7.22. The molecule has 0 radical (unpaired) electrons. The van der Waals surface area contributed by atoms with Gasteiger partial charge < -0.3 is 4.90 Å². The first-order valence-electron chi connectivity index (χ1n) is 21.8. The Bertz CT molecular complexity index is 2900. The number of fused-ring (bicyclic) bond motifs is 4. The van der Waals surface area contributed by atoms with Gasteiger partial charge in [-0.15, -0.1) is 0 Å². The SMILES string of the molecule is [2H]C=C(c1ccccc1)C([2H])C([2H])C(=C[2H])N(/C=C/C1=C(C=C)c2ccccc2C1(c1ccccc1)c1ccccc1)/C(C=C)=C/C=C/c1cc2ccccc2c2ccccc12. The second-order valence-corrected chi connectivity index (χ2v) is 14.2. The van der Waals surface area contributed by atoms with Crippen molar-refractivity contribution in [3.8, 4) is 0 Å². The normalized spacial score (nSPS) is 16.4. The molecule has 0 bridgehead atoms. The smallest absolute Gasteiger partial charge is 0.0714 e. The third-order valence-electron chi connectivity index (χ3n) is 11.0. The summed E-state index contributed by atoms with van der Waals surface area (Å²) >= 11 is 0. The van der Waals surface area contributed by atoms with Crippen LogP contribution in [0.3, 0.4) is 0 Å². The van der Waals surface area contributed by atoms with Gasteiger partial charge in [0.1, 0.15) is 0 Å². The van der Waals surface area contributed by atoms with Crippen molar-refractivity contribution < 1.29 is 5.48 Å². The Morgan fingerprint density at radius 3 is 1.93 bits per heavy atom. The first kappa shape index (κ1) is 33.0. The largest absolute Gasteiger partial charge is 0.322 e. The quantitative estimate of drug-likeness (QED) is 0.0790. The maximum Gasteiger partial charge on any atom is 0.0714 e. The molecule has 1 aliphatic carbocycles. The molecule has 0 saturated heterocycles. The molecular weight excluding hydrogens is 699 g/mol. The first-order chi connectivity index (χ1) is 30.5. The molecule has 2 unspecified atom stereocenters. The molecule has 0 spiro atoms. The van der Waals surface area contributed by atoms with Gasteiger partial charge in [0.15, 0.2) is 0 Å². The highest BCUT2D eigenvalue weighted by Crippen LogP contribution is 2.55. The summed E-state index contributed by atoms with van der Waals surface area (Å²) in [6, 6.07) is 57.7. The summed E-state index contributed by atoms with van der Waals surface area (Å²) in [5, 5.41) is 4.63. The molecule has 0 heterocycles. The molecule has 1 aliphatic rings. The molecule has 8 rings (SSSR count). The third kappa shape index (κ3) is 7.04. The fourth-order valence-corrected chi connectivity index (χ4v) is 8.31. The summed E-state index contributed by atoms with van der Waals surface area (Å²) in [5.74, 6) is 0. The average Bonchev–Trinajstić information content (AvgIpc) is 3.62. The zero-order chi connectivity index (χ0) is 43.1. The Morgan fingerprint density at radius 2 is 1.26 bits per heavy atom. The van der Waals surface area contributed by atoms with E-state index in [0.29, 0.717) is 16.8 Å². The predicted molar refractivity (Wildman–Crippen MR) is 250 cm³/mol. The van der Waals surface area contributed by atoms with Crippen molar-refractivity contribution in [2.24, 2.45) is 0 Å². The van der Waals surface area contributed by atoms with E-state index < -0.39 is 18.2 Å². The Kier molecular flexibility index (Phi) is 9.59. The van der Waals surface area contributed by atoms with Crippen LogP contribution in [-0.4, -0.2) is 4.90 Å². The molecular formula is C57H47N. The van der Waals surface area contributed by atoms with Gasteiger partial charge in [-0.2, -0.15) is 0 Å². The predicted octanol–water partition coefficient (Wildman–Crippen LogP) is 14.9. The zero-order valence-electron chi connectivity index (χ0n) is 36.4. The van der Waals surface area contributed by atoms with E-state index in [1.807, 2.05) is 66.9 Å². The van der Waals surface area contributed by atoms with Gasteiger partial charge in [0.05, 0.1) is 8.16 Å². The van der Waals surface area contributed by atoms with Crippen LogP contribution >= 0.6 is 0 Å². The van der Waals surface area contributed by atoms with E-state index in [1.54, 1.807) is 11.0 Å². The molecule has 0 aliphatic heterocycles. The van der Waals surface area contributed by atoms with E-state index in [0.717, 1.165) is 62.8 Å². The van der Waals surface area contributed by atoms with Crippen molar-refractivity contribution in [3.63, 3.8) is 0 Å². The second kappa shape index (κ2) is 16.9. The molecule has 58 heavy (non-hydrogen) atoms. The Balaban J connectivity index is 1.31. The standard InChI is InChI=1S/C57H47N/c1-5-49(31-22-26-46-41-45-25-16-17-32-51(45)53-34-19-18-33-52(46)53)58(43(4)38-37-42(3)44-23-10-7-11-24-44)40-39-56-50(6-2)54-35-20-21-36-55(54)57(56,47-27-12-8-13-28-47)48-29-14-9-15-30-48/h5-36,39-41H,1-4,37-38H2/b26-22+,40-39+,49-31+/i3D,4D,37D,38D/b26-22+,40-39+,42-3?,43-4?,49-31+. The third-order valence-corrected chi connectivity index (χ3v) is 11.0. The zero-order valence-corrected chi connectivity index (χ0v) is 32.4. The van der Waals surface area contributed by atoms with E-state index in [1.165, 1.54) is 10.8 Å². The molecule has 7 aromatic carbocycles. The van der Waals surface area contributed by atoms with Crippen LogP contribution in [-0.2, 0) is 5.41 Å². The van der Waals surface area contributed by atoms with Crippen LogP contribution < -0.4 is 0 Å². The maximum atomic E-state index is 9.63. The van der Waals surface area contributed by atoms with Crippen molar-refractivity contribution >= 4 is 38.8 Å². The lowest BCUT2D eigenvalue weighted by Crippen LogP contribution is -2.29. The number of hydrogen-bond acceptors (Lipinski definition) is 1. The van der Waals surface area contributed by atoms with Gasteiger partial charge >= 0.3 is 0 Å². The van der Waals surface area contributed by atoms with Crippen LogP contribution in [0, 0.1) is 0 Å². The van der Waals surface area contributed by atoms with Crippen LogP contribution in [0.4, 0.5) is 0 Å². The molecule has 0 N–H and O–H groups in total. The number of allylic oxidation sites excluding steroid dienone is 9. The van der Waals surface area contributed by atoms with Crippen molar-refractivity contribution in [3.05, 3.63) is 283 Å². The topological polar surface area (TPSA) is 3.24 Å². The molecule has 0 aromatic heterocycles. The average molecular weight is 750 g/mol. The van der Waals surface area contributed by atoms with E-state index in [9.17, 15) is 2.74 Å². The summed E-state index contributed by atoms with van der Waals surface area (Å²) in [4.78, 5) is 1.80. The van der Waals surface area contributed by atoms with Crippen molar-refractivity contribution in [2.75, 3.05) is 0 Å². The molecule has 280 valence electrons. The van der Waals surface area contributed by atoms with Crippen LogP contribution in [0.1, 0.15) is 51.7 Å². The summed E-state index contributed by atoms with van der Waals surface area (Å²) in [5.41, 5.74) is 8.54. The van der Waals surface area contributed by atoms with Crippen molar-refractivity contribution in [1.82, 2.24) is 4.90 Å². The molecule has 2 atom stereocenters. The Labute approximate surface area is 349 Å². The summed E-state index contributed by atoms with van der Waals surface area (Å²) in [6.45, 7) is 10.9. The van der Waals surface area contributed by atoms with Crippen LogP contribution in [0.2, 0.25) is 0 Å². The number of rotatable bonds is 14. The first-order valence-corrected chi connectivity index (χ1v) is 19.5. The second-order valence-electron chi connectivity index (χ2n) is 14.2. The van der Waals surface area contributed by atoms with Gasteiger partial charge in [-0.05, 0) is 109 Å². The molecule has 0 amide bonds. The van der Waals surface area contributed by atoms with Crippen LogP contribution in [0.15, 0.2) is 250 Å². The number of benzene rings is 7. The monoisotopic (exact) mass is 749 g/mol. The summed E-state index contributed by atoms with van der Waals surface area (Å²) < 4.78 is 36.2. The minimum Gasteiger partial charge on any atom is -0.322 e. The molecule has 7 aromatic rings. The highest BCUT2D eigenvalue weighted by atomic mass is 15.1. The van der Waals surface area contributed by atoms with Gasteiger partial charge in [-0.3, -0.25) is 0 Å². The lowest BCUT2D eigenvalue weighted by atomic mass is 9.67. The highest BCUT2D eigenvalue weighted by molar-refractivity contribution is 6.10. The molecule has 1 heteroatoms. The van der Waals surface area contributed by atoms with Gasteiger partial charge in [-0.1, -0.05) is 208 Å². The van der Waals surface area contributed by atoms with Crippen molar-refractivity contribution in [1.29, 1.82) is 0 Å². The number of hydrogen-bond donors (Lipinski definition) is 0. The van der Waals surface area contributed by atoms with E-state index in [2.05, 4.69) is 153 Å². The number of nitrogens with zero attached hydrogens (tertiary/aromatic N) is 1. The van der Waals surface area contributed by atoms with E-state index >= 15 is 0 Å². The fourth-order valence-electron chi connectivity index (χ4n) is 8.31. The maximum absolute atomic E-state index is 9.63. The summed E-state index contributed by atoms with van der Waals surface area (Å²) in [7, 11) is 0. The highest BCUT2D eigenvalue weighted by Gasteiger charge is 2.46. The van der Waals surface area contributed by atoms with Gasteiger partial charge in [0.2, 0.25) is 0 Å².